The number of nitrogens with zero attached hydrogens (tertiary/aromatic N) is 2. The van der Waals surface area contributed by atoms with Gasteiger partial charge in [-0.1, -0.05) is 17.7 Å². The summed E-state index contributed by atoms with van der Waals surface area (Å²) < 4.78 is 1.91. The zero-order valence-corrected chi connectivity index (χ0v) is 11.3. The average molecular weight is 266 g/mol. The molecule has 1 N–H and O–H groups in total. The standard InChI is InChI=1S/C16H14N2O2/c1-10-3-4-11(2)14(7-10)15-17-9-13-8-12(16(19)20)5-6-18(13)15/h3-9H,1-2H3,(H,19,20). The fourth-order valence-corrected chi connectivity index (χ4v) is 2.31. The Morgan fingerprint density at radius 3 is 2.75 bits per heavy atom. The van der Waals surface area contributed by atoms with Crippen LogP contribution in [0.25, 0.3) is 16.9 Å². The highest BCUT2D eigenvalue weighted by Gasteiger charge is 2.11. The van der Waals surface area contributed by atoms with Gasteiger partial charge in [-0.25, -0.2) is 9.78 Å². The fraction of sp³-hybridized carbons (Fsp3) is 0.125. The normalized spacial score (nSPS) is 10.9. The summed E-state index contributed by atoms with van der Waals surface area (Å²) in [4.78, 5) is 15.4. The molecule has 0 spiro atoms. The minimum absolute atomic E-state index is 0.268. The number of carboxylic acid groups (broad SMARTS) is 1. The largest absolute Gasteiger partial charge is 0.478 e. The number of imidazole rings is 1. The van der Waals surface area contributed by atoms with Crippen LogP contribution in [0.1, 0.15) is 21.5 Å². The van der Waals surface area contributed by atoms with Gasteiger partial charge in [0.05, 0.1) is 17.3 Å². The molecule has 0 unspecified atom stereocenters. The van der Waals surface area contributed by atoms with E-state index in [9.17, 15) is 4.79 Å². The van der Waals surface area contributed by atoms with Crippen LogP contribution in [0.4, 0.5) is 0 Å². The molecule has 0 amide bonds. The quantitative estimate of drug-likeness (QED) is 0.774. The summed E-state index contributed by atoms with van der Waals surface area (Å²) in [5.74, 6) is -0.0971. The Morgan fingerprint density at radius 2 is 2.00 bits per heavy atom. The average Bonchev–Trinajstić information content (AvgIpc) is 2.84. The number of carbonyl (C=O) groups is 1. The van der Waals surface area contributed by atoms with E-state index in [0.717, 1.165) is 22.5 Å². The zero-order valence-electron chi connectivity index (χ0n) is 11.3. The van der Waals surface area contributed by atoms with Gasteiger partial charge in [0.2, 0.25) is 0 Å². The minimum Gasteiger partial charge on any atom is -0.478 e. The SMILES string of the molecule is Cc1ccc(C)c(-c2ncc3cc(C(=O)O)ccn23)c1. The minimum atomic E-state index is -0.929. The highest BCUT2D eigenvalue weighted by molar-refractivity contribution is 5.89. The highest BCUT2D eigenvalue weighted by Crippen LogP contribution is 2.24. The molecule has 4 heteroatoms. The van der Waals surface area contributed by atoms with Gasteiger partial charge in [0.25, 0.3) is 0 Å². The van der Waals surface area contributed by atoms with Crippen molar-refractivity contribution in [1.82, 2.24) is 9.38 Å². The topological polar surface area (TPSA) is 54.6 Å². The number of benzene rings is 1. The first kappa shape index (κ1) is 12.4. The Morgan fingerprint density at radius 1 is 1.20 bits per heavy atom. The molecular formula is C16H14N2O2. The van der Waals surface area contributed by atoms with E-state index in [1.807, 2.05) is 18.2 Å². The Labute approximate surface area is 116 Å². The number of carboxylic acids is 1. The van der Waals surface area contributed by atoms with Crippen molar-refractivity contribution in [3.05, 3.63) is 59.4 Å². The van der Waals surface area contributed by atoms with Gasteiger partial charge in [-0.05, 0) is 37.6 Å². The second-order valence-electron chi connectivity index (χ2n) is 4.92. The molecule has 0 aliphatic carbocycles. The molecule has 3 rings (SSSR count). The van der Waals surface area contributed by atoms with Gasteiger partial charge >= 0.3 is 5.97 Å². The Balaban J connectivity index is 2.22. The number of aromatic nitrogens is 2. The molecule has 0 aliphatic heterocycles. The van der Waals surface area contributed by atoms with Crippen molar-refractivity contribution in [2.45, 2.75) is 13.8 Å². The maximum atomic E-state index is 11.0. The van der Waals surface area contributed by atoms with Gasteiger partial charge < -0.3 is 5.11 Å². The van der Waals surface area contributed by atoms with Gasteiger partial charge in [0, 0.05) is 11.8 Å². The van der Waals surface area contributed by atoms with Crippen LogP contribution in [0.2, 0.25) is 0 Å². The summed E-state index contributed by atoms with van der Waals surface area (Å²) in [6.45, 7) is 4.09. The maximum absolute atomic E-state index is 11.0. The molecule has 0 aliphatic rings. The van der Waals surface area contributed by atoms with Crippen LogP contribution in [0.5, 0.6) is 0 Å². The van der Waals surface area contributed by atoms with Crippen LogP contribution in [0.3, 0.4) is 0 Å². The first-order valence-corrected chi connectivity index (χ1v) is 6.34. The maximum Gasteiger partial charge on any atom is 0.335 e. The lowest BCUT2D eigenvalue weighted by Crippen LogP contribution is -1.98. The van der Waals surface area contributed by atoms with Crippen molar-refractivity contribution in [1.29, 1.82) is 0 Å². The van der Waals surface area contributed by atoms with Gasteiger partial charge in [0.15, 0.2) is 0 Å². The number of pyridine rings is 1. The van der Waals surface area contributed by atoms with Gasteiger partial charge in [-0.3, -0.25) is 4.40 Å². The molecule has 3 aromatic rings. The summed E-state index contributed by atoms with van der Waals surface area (Å²) >= 11 is 0. The predicted molar refractivity (Wildman–Crippen MR) is 77.1 cm³/mol. The van der Waals surface area contributed by atoms with E-state index in [1.165, 1.54) is 5.56 Å². The van der Waals surface area contributed by atoms with Crippen molar-refractivity contribution in [3.8, 4) is 11.4 Å². The second-order valence-corrected chi connectivity index (χ2v) is 4.92. The van der Waals surface area contributed by atoms with E-state index in [1.54, 1.807) is 24.5 Å². The van der Waals surface area contributed by atoms with Crippen molar-refractivity contribution in [3.63, 3.8) is 0 Å². The third kappa shape index (κ3) is 1.95. The van der Waals surface area contributed by atoms with Crippen molar-refractivity contribution in [2.75, 3.05) is 0 Å². The van der Waals surface area contributed by atoms with Gasteiger partial charge in [-0.15, -0.1) is 0 Å². The van der Waals surface area contributed by atoms with E-state index in [0.29, 0.717) is 0 Å². The number of hydrogen-bond donors (Lipinski definition) is 1. The molecule has 4 nitrogen and oxygen atoms in total. The molecule has 1 aromatic carbocycles. The van der Waals surface area contributed by atoms with Crippen LogP contribution in [-0.2, 0) is 0 Å². The van der Waals surface area contributed by atoms with E-state index in [-0.39, 0.29) is 5.56 Å². The van der Waals surface area contributed by atoms with E-state index in [4.69, 9.17) is 5.11 Å². The lowest BCUT2D eigenvalue weighted by atomic mass is 10.1. The number of rotatable bonds is 2. The third-order valence-corrected chi connectivity index (χ3v) is 3.41. The van der Waals surface area contributed by atoms with Crippen LogP contribution >= 0.6 is 0 Å². The number of aryl methyl sites for hydroxylation is 2. The van der Waals surface area contributed by atoms with Crippen LogP contribution < -0.4 is 0 Å². The molecule has 0 bridgehead atoms. The lowest BCUT2D eigenvalue weighted by Gasteiger charge is -2.07. The summed E-state index contributed by atoms with van der Waals surface area (Å²) in [7, 11) is 0. The van der Waals surface area contributed by atoms with Gasteiger partial charge in [0.1, 0.15) is 5.82 Å². The van der Waals surface area contributed by atoms with Crippen molar-refractivity contribution < 1.29 is 9.90 Å². The Hall–Kier alpha value is -2.62. The van der Waals surface area contributed by atoms with Crippen molar-refractivity contribution >= 4 is 11.5 Å². The summed E-state index contributed by atoms with van der Waals surface area (Å²) in [5.41, 5.74) is 4.42. The highest BCUT2D eigenvalue weighted by atomic mass is 16.4. The summed E-state index contributed by atoms with van der Waals surface area (Å²) in [6.07, 6.45) is 3.45. The van der Waals surface area contributed by atoms with E-state index >= 15 is 0 Å². The number of aromatic carboxylic acids is 1. The molecule has 0 saturated carbocycles. The fourth-order valence-electron chi connectivity index (χ4n) is 2.31. The van der Waals surface area contributed by atoms with Crippen LogP contribution in [0.15, 0.2) is 42.7 Å². The molecule has 0 radical (unpaired) electrons. The van der Waals surface area contributed by atoms with Gasteiger partial charge in [-0.2, -0.15) is 0 Å². The zero-order chi connectivity index (χ0) is 14.3. The molecule has 2 aromatic heterocycles. The number of hydrogen-bond acceptors (Lipinski definition) is 2. The van der Waals surface area contributed by atoms with Crippen molar-refractivity contribution in [2.24, 2.45) is 0 Å². The molecule has 0 saturated heterocycles. The summed E-state index contributed by atoms with van der Waals surface area (Å²) in [5, 5.41) is 9.02. The first-order chi connectivity index (χ1) is 9.56. The van der Waals surface area contributed by atoms with Crippen LogP contribution in [0, 0.1) is 13.8 Å². The summed E-state index contributed by atoms with van der Waals surface area (Å²) in [6, 6.07) is 9.44. The molecule has 2 heterocycles. The molecule has 0 atom stereocenters. The monoisotopic (exact) mass is 266 g/mol. The van der Waals surface area contributed by atoms with E-state index < -0.39 is 5.97 Å². The molecule has 20 heavy (non-hydrogen) atoms. The van der Waals surface area contributed by atoms with E-state index in [2.05, 4.69) is 23.2 Å². The predicted octanol–water partition coefficient (Wildman–Crippen LogP) is 3.32. The second kappa shape index (κ2) is 4.49. The first-order valence-electron chi connectivity index (χ1n) is 6.34. The molecule has 100 valence electrons. The van der Waals surface area contributed by atoms with Crippen LogP contribution in [-0.4, -0.2) is 20.5 Å². The number of fused-ring (bicyclic) bond motifs is 1. The smallest absolute Gasteiger partial charge is 0.335 e. The Kier molecular flexibility index (Phi) is 2.79. The molecule has 0 fully saturated rings. The Bertz CT molecular complexity index is 818. The molecular weight excluding hydrogens is 252 g/mol. The third-order valence-electron chi connectivity index (χ3n) is 3.41. The lowest BCUT2D eigenvalue weighted by molar-refractivity contribution is 0.0697.